The Labute approximate surface area is 125 Å². The lowest BCUT2D eigenvalue weighted by Crippen LogP contribution is -2.23. The van der Waals surface area contributed by atoms with E-state index in [9.17, 15) is 4.39 Å². The lowest BCUT2D eigenvalue weighted by Gasteiger charge is -2.19. The van der Waals surface area contributed by atoms with Gasteiger partial charge in [-0.2, -0.15) is 0 Å². The van der Waals surface area contributed by atoms with Crippen molar-refractivity contribution in [2.75, 3.05) is 6.54 Å². The van der Waals surface area contributed by atoms with Gasteiger partial charge in [0.05, 0.1) is 11.7 Å². The fraction of sp³-hybridized carbons (Fsp3) is 0.214. The molecule has 2 rings (SSSR count). The molecule has 0 aliphatic heterocycles. The van der Waals surface area contributed by atoms with Crippen molar-refractivity contribution in [2.45, 2.75) is 13.0 Å². The quantitative estimate of drug-likeness (QED) is 0.893. The molecule has 1 aromatic carbocycles. The molecule has 0 amide bonds. The van der Waals surface area contributed by atoms with E-state index in [1.165, 1.54) is 12.1 Å². The summed E-state index contributed by atoms with van der Waals surface area (Å²) in [5, 5.41) is 3.80. The van der Waals surface area contributed by atoms with Crippen LogP contribution in [0.25, 0.3) is 0 Å². The summed E-state index contributed by atoms with van der Waals surface area (Å²) in [4.78, 5) is 4.35. The third kappa shape index (κ3) is 3.53. The molecule has 0 spiro atoms. The minimum absolute atomic E-state index is 0.221. The molecule has 1 N–H and O–H groups in total. The first-order valence-corrected chi connectivity index (χ1v) is 7.08. The number of nitrogens with zero attached hydrogens (tertiary/aromatic N) is 1. The van der Waals surface area contributed by atoms with E-state index < -0.39 is 0 Å². The molecular formula is C14H13BrClFN2. The van der Waals surface area contributed by atoms with Gasteiger partial charge in [0, 0.05) is 15.7 Å². The second-order valence-corrected chi connectivity index (χ2v) is 5.38. The predicted octanol–water partition coefficient (Wildman–Crippen LogP) is 4.34. The number of pyridine rings is 1. The van der Waals surface area contributed by atoms with Crippen LogP contribution >= 0.6 is 27.5 Å². The lowest BCUT2D eigenvalue weighted by atomic mass is 10.0. The topological polar surface area (TPSA) is 24.9 Å². The fourth-order valence-electron chi connectivity index (χ4n) is 1.87. The number of rotatable bonds is 4. The SMILES string of the molecule is CCNC(c1ccc(Br)cn1)c1cc(F)ccc1Cl. The molecule has 0 aliphatic rings. The molecule has 100 valence electrons. The first-order valence-electron chi connectivity index (χ1n) is 5.91. The van der Waals surface area contributed by atoms with Gasteiger partial charge in [-0.3, -0.25) is 4.98 Å². The van der Waals surface area contributed by atoms with Gasteiger partial charge in [0.15, 0.2) is 0 Å². The van der Waals surface area contributed by atoms with Gasteiger partial charge in [-0.25, -0.2) is 4.39 Å². The second kappa shape index (κ2) is 6.46. The van der Waals surface area contributed by atoms with Crippen LogP contribution in [0.3, 0.4) is 0 Å². The van der Waals surface area contributed by atoms with Gasteiger partial charge in [-0.1, -0.05) is 18.5 Å². The van der Waals surface area contributed by atoms with Crippen molar-refractivity contribution in [1.82, 2.24) is 10.3 Å². The van der Waals surface area contributed by atoms with Crippen LogP contribution < -0.4 is 5.32 Å². The molecule has 0 saturated carbocycles. The zero-order valence-electron chi connectivity index (χ0n) is 10.3. The van der Waals surface area contributed by atoms with Gasteiger partial charge in [0.1, 0.15) is 5.82 Å². The molecular weight excluding hydrogens is 331 g/mol. The van der Waals surface area contributed by atoms with Crippen LogP contribution in [0.2, 0.25) is 5.02 Å². The zero-order valence-corrected chi connectivity index (χ0v) is 12.7. The first-order chi connectivity index (χ1) is 9.11. The zero-order chi connectivity index (χ0) is 13.8. The Morgan fingerprint density at radius 1 is 1.37 bits per heavy atom. The van der Waals surface area contributed by atoms with Crippen LogP contribution in [-0.4, -0.2) is 11.5 Å². The van der Waals surface area contributed by atoms with Crippen molar-refractivity contribution in [3.63, 3.8) is 0 Å². The molecule has 5 heteroatoms. The predicted molar refractivity (Wildman–Crippen MR) is 78.9 cm³/mol. The average Bonchev–Trinajstić information content (AvgIpc) is 2.40. The molecule has 1 aromatic heterocycles. The summed E-state index contributed by atoms with van der Waals surface area (Å²) >= 11 is 9.51. The maximum Gasteiger partial charge on any atom is 0.123 e. The Kier molecular flexibility index (Phi) is 4.91. The Hall–Kier alpha value is -0.970. The normalized spacial score (nSPS) is 12.4. The smallest absolute Gasteiger partial charge is 0.123 e. The van der Waals surface area contributed by atoms with Gasteiger partial charge >= 0.3 is 0 Å². The molecule has 1 atom stereocenters. The molecule has 2 nitrogen and oxygen atoms in total. The summed E-state index contributed by atoms with van der Waals surface area (Å²) in [6.45, 7) is 2.72. The number of hydrogen-bond acceptors (Lipinski definition) is 2. The number of aromatic nitrogens is 1. The van der Waals surface area contributed by atoms with Gasteiger partial charge in [-0.15, -0.1) is 0 Å². The Bertz CT molecular complexity index is 560. The molecule has 0 radical (unpaired) electrons. The van der Waals surface area contributed by atoms with Crippen LogP contribution in [0.5, 0.6) is 0 Å². The number of nitrogens with one attached hydrogen (secondary N) is 1. The summed E-state index contributed by atoms with van der Waals surface area (Å²) in [5.74, 6) is -0.306. The van der Waals surface area contributed by atoms with Crippen LogP contribution in [0.15, 0.2) is 41.0 Å². The summed E-state index contributed by atoms with van der Waals surface area (Å²) in [7, 11) is 0. The summed E-state index contributed by atoms with van der Waals surface area (Å²) in [6.07, 6.45) is 1.72. The Balaban J connectivity index is 2.44. The molecule has 2 aromatic rings. The molecule has 0 saturated heterocycles. The lowest BCUT2D eigenvalue weighted by molar-refractivity contribution is 0.595. The van der Waals surface area contributed by atoms with E-state index in [1.807, 2.05) is 19.1 Å². The van der Waals surface area contributed by atoms with Crippen molar-refractivity contribution in [3.05, 3.63) is 63.1 Å². The Morgan fingerprint density at radius 3 is 2.79 bits per heavy atom. The van der Waals surface area contributed by atoms with E-state index in [2.05, 4.69) is 26.2 Å². The van der Waals surface area contributed by atoms with Crippen LogP contribution in [0.4, 0.5) is 4.39 Å². The monoisotopic (exact) mass is 342 g/mol. The van der Waals surface area contributed by atoms with Crippen molar-refractivity contribution >= 4 is 27.5 Å². The fourth-order valence-corrected chi connectivity index (χ4v) is 2.33. The summed E-state index contributed by atoms with van der Waals surface area (Å²) < 4.78 is 14.3. The van der Waals surface area contributed by atoms with E-state index in [-0.39, 0.29) is 11.9 Å². The van der Waals surface area contributed by atoms with Gasteiger partial charge < -0.3 is 5.32 Å². The Morgan fingerprint density at radius 2 is 2.16 bits per heavy atom. The molecule has 0 aliphatic carbocycles. The van der Waals surface area contributed by atoms with Crippen molar-refractivity contribution < 1.29 is 4.39 Å². The van der Waals surface area contributed by atoms with Crippen LogP contribution in [0.1, 0.15) is 24.2 Å². The van der Waals surface area contributed by atoms with E-state index in [0.717, 1.165) is 16.7 Å². The van der Waals surface area contributed by atoms with E-state index in [4.69, 9.17) is 11.6 Å². The highest BCUT2D eigenvalue weighted by Gasteiger charge is 2.18. The number of hydrogen-bond donors (Lipinski definition) is 1. The van der Waals surface area contributed by atoms with Gasteiger partial charge in [-0.05, 0) is 58.4 Å². The molecule has 0 fully saturated rings. The van der Waals surface area contributed by atoms with Crippen LogP contribution in [-0.2, 0) is 0 Å². The largest absolute Gasteiger partial charge is 0.305 e. The maximum atomic E-state index is 13.4. The van der Waals surface area contributed by atoms with Crippen molar-refractivity contribution in [3.8, 4) is 0 Å². The first kappa shape index (κ1) is 14.4. The molecule has 19 heavy (non-hydrogen) atoms. The van der Waals surface area contributed by atoms with E-state index in [0.29, 0.717) is 10.6 Å². The minimum Gasteiger partial charge on any atom is -0.305 e. The highest BCUT2D eigenvalue weighted by atomic mass is 79.9. The summed E-state index contributed by atoms with van der Waals surface area (Å²) in [5.41, 5.74) is 1.50. The summed E-state index contributed by atoms with van der Waals surface area (Å²) in [6, 6.07) is 7.93. The minimum atomic E-state index is -0.306. The third-order valence-electron chi connectivity index (χ3n) is 2.72. The van der Waals surface area contributed by atoms with Gasteiger partial charge in [0.25, 0.3) is 0 Å². The molecule has 1 unspecified atom stereocenters. The highest BCUT2D eigenvalue weighted by molar-refractivity contribution is 9.10. The number of benzene rings is 1. The average molecular weight is 344 g/mol. The molecule has 0 bridgehead atoms. The standard InChI is InChI=1S/C14H13BrClFN2/c1-2-18-14(13-6-3-9(15)8-19-13)11-7-10(17)4-5-12(11)16/h3-8,14,18H,2H2,1H3. The maximum absolute atomic E-state index is 13.4. The third-order valence-corrected chi connectivity index (χ3v) is 3.54. The van der Waals surface area contributed by atoms with Crippen LogP contribution in [0, 0.1) is 5.82 Å². The highest BCUT2D eigenvalue weighted by Crippen LogP contribution is 2.28. The molecule has 1 heterocycles. The van der Waals surface area contributed by atoms with E-state index >= 15 is 0 Å². The van der Waals surface area contributed by atoms with Crippen molar-refractivity contribution in [1.29, 1.82) is 0 Å². The number of halogens is 3. The van der Waals surface area contributed by atoms with Gasteiger partial charge in [0.2, 0.25) is 0 Å². The van der Waals surface area contributed by atoms with Crippen molar-refractivity contribution in [2.24, 2.45) is 0 Å². The van der Waals surface area contributed by atoms with E-state index in [1.54, 1.807) is 12.3 Å². The second-order valence-electron chi connectivity index (χ2n) is 4.06.